The summed E-state index contributed by atoms with van der Waals surface area (Å²) in [6, 6.07) is 7.64. The first-order chi connectivity index (χ1) is 16.9. The average molecular weight is 511 g/mol. The van der Waals surface area contributed by atoms with Crippen molar-refractivity contribution >= 4 is 33.0 Å². The zero-order valence-corrected chi connectivity index (χ0v) is 22.1. The van der Waals surface area contributed by atoms with Gasteiger partial charge in [-0.25, -0.2) is 19.5 Å². The Balaban J connectivity index is 1.18. The Morgan fingerprint density at radius 3 is 2.37 bits per heavy atom. The van der Waals surface area contributed by atoms with Crippen molar-refractivity contribution < 1.29 is 8.95 Å². The molecule has 0 aliphatic carbocycles. The molecule has 0 bridgehead atoms. The standard InChI is InChI=1S/C25H30N6O2S2/c1-16(2)20-13-26-23(27-14-20)30-11-9-18(10-12-30)17(3)33-25-29-31-15-22(28-24(31)34-25)19-5-7-21(8-6-19)35(4)32/h5-8,13-18H,9-12H2,1-4H3. The van der Waals surface area contributed by atoms with E-state index in [-0.39, 0.29) is 6.10 Å². The van der Waals surface area contributed by atoms with Gasteiger partial charge in [-0.1, -0.05) is 26.0 Å². The molecule has 0 N–H and O–H groups in total. The summed E-state index contributed by atoms with van der Waals surface area (Å²) in [5.41, 5.74) is 2.98. The fourth-order valence-corrected chi connectivity index (χ4v) is 5.64. The lowest BCUT2D eigenvalue weighted by Crippen LogP contribution is -2.39. The molecular formula is C25H30N6O2S2. The highest BCUT2D eigenvalue weighted by Crippen LogP contribution is 2.30. The molecule has 5 rings (SSSR count). The summed E-state index contributed by atoms with van der Waals surface area (Å²) < 4.78 is 19.6. The van der Waals surface area contributed by atoms with Gasteiger partial charge in [0.25, 0.3) is 5.19 Å². The number of benzene rings is 1. The van der Waals surface area contributed by atoms with Gasteiger partial charge in [-0.3, -0.25) is 4.21 Å². The molecule has 0 radical (unpaired) electrons. The topological polar surface area (TPSA) is 85.5 Å². The van der Waals surface area contributed by atoms with E-state index in [1.54, 1.807) is 10.8 Å². The van der Waals surface area contributed by atoms with E-state index < -0.39 is 10.8 Å². The van der Waals surface area contributed by atoms with E-state index in [4.69, 9.17) is 9.72 Å². The lowest BCUT2D eigenvalue weighted by molar-refractivity contribution is 0.131. The Kier molecular flexibility index (Phi) is 6.84. The van der Waals surface area contributed by atoms with Crippen molar-refractivity contribution in [1.29, 1.82) is 0 Å². The van der Waals surface area contributed by atoms with E-state index in [0.29, 0.717) is 17.0 Å². The summed E-state index contributed by atoms with van der Waals surface area (Å²) in [6.07, 6.45) is 9.60. The predicted molar refractivity (Wildman–Crippen MR) is 140 cm³/mol. The zero-order chi connectivity index (χ0) is 24.5. The van der Waals surface area contributed by atoms with Crippen LogP contribution in [0.2, 0.25) is 0 Å². The molecule has 1 fully saturated rings. The van der Waals surface area contributed by atoms with Crippen LogP contribution in [0.25, 0.3) is 16.2 Å². The third-order valence-corrected chi connectivity index (χ3v) is 8.35. The maximum Gasteiger partial charge on any atom is 0.294 e. The van der Waals surface area contributed by atoms with E-state index in [2.05, 4.69) is 40.7 Å². The normalized spacial score (nSPS) is 16.7. The van der Waals surface area contributed by atoms with Crippen molar-refractivity contribution in [2.45, 2.75) is 50.5 Å². The van der Waals surface area contributed by atoms with Crippen LogP contribution < -0.4 is 9.64 Å². The number of anilines is 1. The van der Waals surface area contributed by atoms with Crippen molar-refractivity contribution in [2.75, 3.05) is 24.2 Å². The van der Waals surface area contributed by atoms with Gasteiger partial charge < -0.3 is 9.64 Å². The third kappa shape index (κ3) is 5.23. The van der Waals surface area contributed by atoms with E-state index in [9.17, 15) is 4.21 Å². The highest BCUT2D eigenvalue weighted by Gasteiger charge is 2.27. The minimum Gasteiger partial charge on any atom is -0.466 e. The summed E-state index contributed by atoms with van der Waals surface area (Å²) in [7, 11) is -0.988. The number of aromatic nitrogens is 5. The Bertz CT molecular complexity index is 1280. The van der Waals surface area contributed by atoms with Crippen LogP contribution in [0.1, 0.15) is 45.1 Å². The van der Waals surface area contributed by atoms with Crippen LogP contribution in [0, 0.1) is 5.92 Å². The molecule has 4 heterocycles. The maximum absolute atomic E-state index is 11.6. The number of imidazole rings is 1. The molecule has 1 aliphatic heterocycles. The summed E-state index contributed by atoms with van der Waals surface area (Å²) in [5.74, 6) is 1.71. The number of ether oxygens (including phenoxy) is 1. The molecule has 1 aliphatic rings. The number of hydrogen-bond acceptors (Lipinski definition) is 8. The highest BCUT2D eigenvalue weighted by atomic mass is 32.2. The van der Waals surface area contributed by atoms with Gasteiger partial charge in [-0.15, -0.1) is 5.10 Å². The smallest absolute Gasteiger partial charge is 0.294 e. The summed E-state index contributed by atoms with van der Waals surface area (Å²) in [4.78, 5) is 17.7. The molecule has 184 valence electrons. The van der Waals surface area contributed by atoms with E-state index in [1.165, 1.54) is 16.9 Å². The van der Waals surface area contributed by atoms with Gasteiger partial charge in [0.2, 0.25) is 10.9 Å². The van der Waals surface area contributed by atoms with Gasteiger partial charge in [0.05, 0.1) is 11.9 Å². The number of rotatable bonds is 7. The van der Waals surface area contributed by atoms with Gasteiger partial charge >= 0.3 is 0 Å². The van der Waals surface area contributed by atoms with Crippen LogP contribution in [0.4, 0.5) is 5.95 Å². The monoisotopic (exact) mass is 510 g/mol. The molecule has 0 amide bonds. The lowest BCUT2D eigenvalue weighted by Gasteiger charge is -2.34. The Morgan fingerprint density at radius 1 is 1.09 bits per heavy atom. The lowest BCUT2D eigenvalue weighted by atomic mass is 9.92. The van der Waals surface area contributed by atoms with Crippen molar-refractivity contribution in [3.63, 3.8) is 0 Å². The fraction of sp³-hybridized carbons (Fsp3) is 0.440. The molecule has 2 unspecified atom stereocenters. The highest BCUT2D eigenvalue weighted by molar-refractivity contribution is 7.84. The van der Waals surface area contributed by atoms with Gasteiger partial charge in [0.1, 0.15) is 6.10 Å². The number of hydrogen-bond donors (Lipinski definition) is 0. The van der Waals surface area contributed by atoms with Crippen LogP contribution in [0.5, 0.6) is 5.19 Å². The molecule has 1 aromatic carbocycles. The second-order valence-electron chi connectivity index (χ2n) is 9.32. The van der Waals surface area contributed by atoms with E-state index >= 15 is 0 Å². The minimum absolute atomic E-state index is 0.0687. The van der Waals surface area contributed by atoms with Crippen molar-refractivity contribution in [2.24, 2.45) is 5.92 Å². The van der Waals surface area contributed by atoms with Crippen molar-refractivity contribution in [1.82, 2.24) is 24.6 Å². The molecule has 8 nitrogen and oxygen atoms in total. The summed E-state index contributed by atoms with van der Waals surface area (Å²) in [5, 5.41) is 5.23. The van der Waals surface area contributed by atoms with Crippen molar-refractivity contribution in [3.05, 3.63) is 48.4 Å². The number of nitrogens with zero attached hydrogens (tertiary/aromatic N) is 6. The molecule has 0 spiro atoms. The summed E-state index contributed by atoms with van der Waals surface area (Å²) in [6.45, 7) is 8.28. The first kappa shape index (κ1) is 23.9. The van der Waals surface area contributed by atoms with Gasteiger partial charge in [-0.05, 0) is 60.6 Å². The first-order valence-corrected chi connectivity index (χ1v) is 14.3. The number of fused-ring (bicyclic) bond motifs is 1. The molecule has 2 atom stereocenters. The fourth-order valence-electron chi connectivity index (χ4n) is 4.30. The molecule has 35 heavy (non-hydrogen) atoms. The molecular weight excluding hydrogens is 480 g/mol. The van der Waals surface area contributed by atoms with E-state index in [0.717, 1.165) is 53.0 Å². The van der Waals surface area contributed by atoms with Gasteiger partial charge in [0, 0.05) is 53.0 Å². The number of piperidine rings is 1. The van der Waals surface area contributed by atoms with Gasteiger partial charge in [0.15, 0.2) is 0 Å². The Labute approximate surface area is 211 Å². The maximum atomic E-state index is 11.6. The van der Waals surface area contributed by atoms with Crippen molar-refractivity contribution in [3.8, 4) is 16.5 Å². The zero-order valence-electron chi connectivity index (χ0n) is 20.4. The summed E-state index contributed by atoms with van der Waals surface area (Å²) >= 11 is 1.45. The molecule has 1 saturated heterocycles. The minimum atomic E-state index is -0.988. The van der Waals surface area contributed by atoms with Gasteiger partial charge in [-0.2, -0.15) is 0 Å². The SMILES string of the molecule is CC(C)c1cnc(N2CCC(C(C)Oc3nn4cc(-c5ccc(S(C)=O)cc5)nc4s3)CC2)nc1. The second-order valence-corrected chi connectivity index (χ2v) is 11.6. The molecule has 3 aromatic heterocycles. The largest absolute Gasteiger partial charge is 0.466 e. The first-order valence-electron chi connectivity index (χ1n) is 11.9. The quantitative estimate of drug-likeness (QED) is 0.353. The van der Waals surface area contributed by atoms with Crippen LogP contribution in [-0.4, -0.2) is 54.2 Å². The van der Waals surface area contributed by atoms with Crippen LogP contribution in [-0.2, 0) is 10.8 Å². The van der Waals surface area contributed by atoms with E-state index in [1.807, 2.05) is 42.9 Å². The van der Waals surface area contributed by atoms with Crippen LogP contribution in [0.3, 0.4) is 0 Å². The predicted octanol–water partition coefficient (Wildman–Crippen LogP) is 4.79. The second kappa shape index (κ2) is 10.0. The molecule has 4 aromatic rings. The third-order valence-electron chi connectivity index (χ3n) is 6.60. The molecule has 0 saturated carbocycles. The Morgan fingerprint density at radius 2 is 1.77 bits per heavy atom. The van der Waals surface area contributed by atoms with Crippen LogP contribution >= 0.6 is 11.3 Å². The molecule has 10 heteroatoms. The average Bonchev–Trinajstić information content (AvgIpc) is 3.43. The van der Waals surface area contributed by atoms with Crippen LogP contribution in [0.15, 0.2) is 47.8 Å². The Hall–Kier alpha value is -2.85.